The largest absolute Gasteiger partial charge is 0.466 e. The van der Waals surface area contributed by atoms with Crippen molar-refractivity contribution < 1.29 is 24.2 Å². The average molecular weight is 511 g/mol. The van der Waals surface area contributed by atoms with Gasteiger partial charge in [-0.15, -0.1) is 11.8 Å². The minimum absolute atomic E-state index is 0.0402. The van der Waals surface area contributed by atoms with E-state index in [1.165, 1.54) is 0 Å². The third kappa shape index (κ3) is 5.53. The molecule has 0 aromatic carbocycles. The maximum Gasteiger partial charge on any atom is 0.311 e. The first-order valence-corrected chi connectivity index (χ1v) is 14.1. The molecular weight excluding hydrogens is 464 g/mol. The number of fused-ring (bicyclic) bond motifs is 1. The second-order valence-corrected chi connectivity index (χ2v) is 14.7. The van der Waals surface area contributed by atoms with Crippen molar-refractivity contribution in [3.05, 3.63) is 0 Å². The summed E-state index contributed by atoms with van der Waals surface area (Å²) in [5, 5.41) is 12.4. The van der Waals surface area contributed by atoms with Crippen molar-refractivity contribution in [1.82, 2.24) is 10.2 Å². The lowest BCUT2D eigenvalue weighted by atomic mass is 9.66. The number of ether oxygens (including phenoxy) is 1. The molecule has 3 aliphatic heterocycles. The number of nitrogens with one attached hydrogen (secondary N) is 1. The quantitative estimate of drug-likeness (QED) is 0.323. The smallest absolute Gasteiger partial charge is 0.311 e. The number of esters is 1. The third-order valence-corrected chi connectivity index (χ3v) is 9.79. The highest BCUT2D eigenvalue weighted by Crippen LogP contribution is 2.71. The summed E-state index contributed by atoms with van der Waals surface area (Å²) in [5.41, 5.74) is -0.385. The molecular formula is C27H46N2O5S. The Morgan fingerprint density at radius 1 is 1.14 bits per heavy atom. The minimum atomic E-state index is -0.601. The molecule has 5 atom stereocenters. The van der Waals surface area contributed by atoms with Crippen molar-refractivity contribution in [3.8, 4) is 0 Å². The molecule has 3 aliphatic rings. The highest BCUT2D eigenvalue weighted by molar-refractivity contribution is 8.02. The van der Waals surface area contributed by atoms with Gasteiger partial charge in [-0.1, -0.05) is 33.6 Å². The molecule has 3 saturated heterocycles. The Bertz CT molecular complexity index is 825. The summed E-state index contributed by atoms with van der Waals surface area (Å²) in [7, 11) is 0. The van der Waals surface area contributed by atoms with E-state index in [1.54, 1.807) is 23.6 Å². The van der Waals surface area contributed by atoms with Crippen LogP contribution in [0.25, 0.3) is 0 Å². The van der Waals surface area contributed by atoms with Gasteiger partial charge in [-0.25, -0.2) is 0 Å². The summed E-state index contributed by atoms with van der Waals surface area (Å²) in [6.45, 7) is 15.4. The van der Waals surface area contributed by atoms with Gasteiger partial charge in [0.25, 0.3) is 0 Å². The number of hydrogen-bond acceptors (Lipinski definition) is 6. The number of rotatable bonds is 11. The highest BCUT2D eigenvalue weighted by Gasteiger charge is 2.77. The molecule has 7 nitrogen and oxygen atoms in total. The van der Waals surface area contributed by atoms with Gasteiger partial charge in [-0.2, -0.15) is 0 Å². The van der Waals surface area contributed by atoms with Gasteiger partial charge in [0.1, 0.15) is 6.04 Å². The summed E-state index contributed by atoms with van der Waals surface area (Å²) in [4.78, 5) is 42.8. The maximum atomic E-state index is 14.0. The standard InChI is InChI=1S/C27H46N2O5S/c1-8-34-23(33)19-18-22(32)29(15-11-9-10-12-16-30)20(27(18)14-13-26(19,7)35-27)21(31)28-25(5,6)17-24(2,3)4/h18-20,30H,8-17H2,1-7H3,(H,28,31)/t18-,19+,20?,26-,27?/m0/s1. The topological polar surface area (TPSA) is 95.9 Å². The van der Waals surface area contributed by atoms with E-state index in [0.717, 1.165) is 44.9 Å². The number of carbonyl (C=O) groups is 3. The molecule has 2 N–H and O–H groups in total. The van der Waals surface area contributed by atoms with Crippen LogP contribution in [-0.4, -0.2) is 68.6 Å². The third-order valence-electron chi connectivity index (χ3n) is 7.81. The lowest BCUT2D eigenvalue weighted by Crippen LogP contribution is -2.58. The van der Waals surface area contributed by atoms with Crippen LogP contribution in [0, 0.1) is 17.3 Å². The van der Waals surface area contributed by atoms with Gasteiger partial charge in [-0.05, 0) is 65.2 Å². The molecule has 2 unspecified atom stereocenters. The molecule has 2 bridgehead atoms. The van der Waals surface area contributed by atoms with Crippen molar-refractivity contribution in [1.29, 1.82) is 0 Å². The number of hydrogen-bond donors (Lipinski definition) is 2. The zero-order chi connectivity index (χ0) is 26.2. The lowest BCUT2D eigenvalue weighted by Gasteiger charge is -2.38. The first-order chi connectivity index (χ1) is 16.2. The van der Waals surface area contributed by atoms with Crippen LogP contribution in [0.2, 0.25) is 0 Å². The fourth-order valence-electron chi connectivity index (χ4n) is 7.08. The van der Waals surface area contributed by atoms with Crippen molar-refractivity contribution in [2.24, 2.45) is 17.3 Å². The predicted octanol–water partition coefficient (Wildman–Crippen LogP) is 3.91. The molecule has 0 aromatic heterocycles. The zero-order valence-corrected chi connectivity index (χ0v) is 23.6. The number of unbranched alkanes of at least 4 members (excludes halogenated alkanes) is 3. The Kier molecular flexibility index (Phi) is 8.27. The molecule has 1 spiro atoms. The van der Waals surface area contributed by atoms with E-state index < -0.39 is 28.2 Å². The molecule has 35 heavy (non-hydrogen) atoms. The van der Waals surface area contributed by atoms with Gasteiger partial charge in [0, 0.05) is 23.4 Å². The van der Waals surface area contributed by atoms with E-state index >= 15 is 0 Å². The number of aliphatic hydroxyl groups excluding tert-OH is 1. The molecule has 2 amide bonds. The molecule has 8 heteroatoms. The molecule has 0 aliphatic carbocycles. The molecule has 0 radical (unpaired) electrons. The normalized spacial score (nSPS) is 32.2. The first kappa shape index (κ1) is 28.3. The Labute approximate surface area is 215 Å². The van der Waals surface area contributed by atoms with E-state index in [2.05, 4.69) is 33.0 Å². The fraction of sp³-hybridized carbons (Fsp3) is 0.889. The molecule has 0 aromatic rings. The Morgan fingerprint density at radius 2 is 1.80 bits per heavy atom. The van der Waals surface area contributed by atoms with E-state index in [1.807, 2.05) is 13.8 Å². The Morgan fingerprint density at radius 3 is 2.40 bits per heavy atom. The number of nitrogens with zero attached hydrogens (tertiary/aromatic N) is 1. The van der Waals surface area contributed by atoms with Crippen LogP contribution in [0.3, 0.4) is 0 Å². The zero-order valence-electron chi connectivity index (χ0n) is 22.7. The van der Waals surface area contributed by atoms with Crippen molar-refractivity contribution in [2.75, 3.05) is 19.8 Å². The lowest BCUT2D eigenvalue weighted by molar-refractivity contribution is -0.155. The van der Waals surface area contributed by atoms with Crippen LogP contribution < -0.4 is 5.32 Å². The van der Waals surface area contributed by atoms with Gasteiger partial charge in [-0.3, -0.25) is 14.4 Å². The van der Waals surface area contributed by atoms with Crippen LogP contribution in [0.15, 0.2) is 0 Å². The fourth-order valence-corrected chi connectivity index (χ4v) is 9.42. The van der Waals surface area contributed by atoms with E-state index in [-0.39, 0.29) is 41.2 Å². The summed E-state index contributed by atoms with van der Waals surface area (Å²) >= 11 is 1.69. The van der Waals surface area contributed by atoms with Crippen LogP contribution >= 0.6 is 11.8 Å². The molecule has 3 rings (SSSR count). The maximum absolute atomic E-state index is 14.0. The molecule has 0 saturated carbocycles. The molecule has 3 heterocycles. The van der Waals surface area contributed by atoms with Crippen LogP contribution in [0.1, 0.15) is 93.4 Å². The van der Waals surface area contributed by atoms with Gasteiger partial charge in [0.05, 0.1) is 23.2 Å². The number of thioether (sulfide) groups is 1. The van der Waals surface area contributed by atoms with Crippen LogP contribution in [0.4, 0.5) is 0 Å². The first-order valence-electron chi connectivity index (χ1n) is 13.3. The second kappa shape index (κ2) is 10.2. The summed E-state index contributed by atoms with van der Waals surface area (Å²) < 4.78 is 4.45. The van der Waals surface area contributed by atoms with Crippen LogP contribution in [-0.2, 0) is 19.1 Å². The number of amides is 2. The van der Waals surface area contributed by atoms with Gasteiger partial charge in [0.15, 0.2) is 0 Å². The number of aliphatic hydroxyl groups is 1. The van der Waals surface area contributed by atoms with Gasteiger partial charge < -0.3 is 20.1 Å². The van der Waals surface area contributed by atoms with E-state index in [9.17, 15) is 14.4 Å². The highest BCUT2D eigenvalue weighted by atomic mass is 32.2. The molecule has 200 valence electrons. The van der Waals surface area contributed by atoms with Gasteiger partial charge >= 0.3 is 5.97 Å². The number of likely N-dealkylation sites (tertiary alicyclic amines) is 1. The van der Waals surface area contributed by atoms with E-state index in [0.29, 0.717) is 6.54 Å². The van der Waals surface area contributed by atoms with Crippen LogP contribution in [0.5, 0.6) is 0 Å². The minimum Gasteiger partial charge on any atom is -0.466 e. The van der Waals surface area contributed by atoms with Crippen molar-refractivity contribution >= 4 is 29.5 Å². The summed E-state index contributed by atoms with van der Waals surface area (Å²) in [5.74, 6) is -1.53. The second-order valence-electron chi connectivity index (χ2n) is 12.8. The number of carbonyl (C=O) groups excluding carboxylic acids is 3. The SMILES string of the molecule is CCOC(=O)[C@H]1[C@H]2C(=O)N(CCCCCCO)C(C(=O)NC(C)(C)CC(C)(C)C)C23CC[C@]1(C)S3. The molecule has 3 fully saturated rings. The van der Waals surface area contributed by atoms with Crippen molar-refractivity contribution in [3.63, 3.8) is 0 Å². The van der Waals surface area contributed by atoms with E-state index in [4.69, 9.17) is 9.84 Å². The average Bonchev–Trinajstić information content (AvgIpc) is 3.27. The predicted molar refractivity (Wildman–Crippen MR) is 139 cm³/mol. The monoisotopic (exact) mass is 510 g/mol. The van der Waals surface area contributed by atoms with Gasteiger partial charge in [0.2, 0.25) is 11.8 Å². The summed E-state index contributed by atoms with van der Waals surface area (Å²) in [6, 6.07) is -0.594. The van der Waals surface area contributed by atoms with Crippen molar-refractivity contribution in [2.45, 2.75) is 114 Å². The Hall–Kier alpha value is -1.28. The Balaban J connectivity index is 1.92. The summed E-state index contributed by atoms with van der Waals surface area (Å²) in [6.07, 6.45) is 5.64.